The first-order chi connectivity index (χ1) is 10.8. The molecular weight excluding hydrogens is 278 g/mol. The van der Waals surface area contributed by atoms with Gasteiger partial charge in [0.1, 0.15) is 23.4 Å². The summed E-state index contributed by atoms with van der Waals surface area (Å²) in [5.41, 5.74) is 0.886. The Morgan fingerprint density at radius 2 is 2.23 bits per heavy atom. The largest absolute Gasteiger partial charge is 0.472 e. The molecular formula is C16H17N5O. The SMILES string of the molecule is Cc1nc(N2CCC(Oc3ccccn3)C2)c2cc[nH]c2n1. The van der Waals surface area contributed by atoms with Gasteiger partial charge >= 0.3 is 0 Å². The number of pyridine rings is 1. The standard InChI is InChI=1S/C16H17N5O/c1-11-19-15-13(5-8-18-15)16(20-11)21-9-6-12(10-21)22-14-4-2-3-7-17-14/h2-5,7-8,12H,6,9-10H2,1H3,(H,18,19,20). The van der Waals surface area contributed by atoms with Gasteiger partial charge in [-0.15, -0.1) is 0 Å². The Morgan fingerprint density at radius 1 is 1.27 bits per heavy atom. The zero-order chi connectivity index (χ0) is 14.9. The van der Waals surface area contributed by atoms with Crippen molar-refractivity contribution in [2.24, 2.45) is 0 Å². The molecule has 1 aliphatic heterocycles. The number of H-pyrrole nitrogens is 1. The molecule has 0 amide bonds. The van der Waals surface area contributed by atoms with Gasteiger partial charge < -0.3 is 14.6 Å². The monoisotopic (exact) mass is 295 g/mol. The molecule has 1 saturated heterocycles. The quantitative estimate of drug-likeness (QED) is 0.803. The normalized spacial score (nSPS) is 18.0. The second-order valence-corrected chi connectivity index (χ2v) is 5.48. The van der Waals surface area contributed by atoms with Gasteiger partial charge in [-0.2, -0.15) is 0 Å². The third-order valence-electron chi connectivity index (χ3n) is 3.88. The van der Waals surface area contributed by atoms with E-state index in [0.29, 0.717) is 5.88 Å². The lowest BCUT2D eigenvalue weighted by atomic mass is 10.3. The van der Waals surface area contributed by atoms with Crippen LogP contribution in [-0.4, -0.2) is 39.1 Å². The van der Waals surface area contributed by atoms with Gasteiger partial charge in [0, 0.05) is 31.4 Å². The number of anilines is 1. The Hall–Kier alpha value is -2.63. The summed E-state index contributed by atoms with van der Waals surface area (Å²) >= 11 is 0. The Balaban J connectivity index is 1.56. The maximum Gasteiger partial charge on any atom is 0.213 e. The Labute approximate surface area is 128 Å². The molecule has 6 nitrogen and oxygen atoms in total. The molecule has 1 aliphatic rings. The lowest BCUT2D eigenvalue weighted by molar-refractivity contribution is 0.216. The van der Waals surface area contributed by atoms with Crippen molar-refractivity contribution < 1.29 is 4.74 Å². The van der Waals surface area contributed by atoms with Crippen LogP contribution in [0.5, 0.6) is 5.88 Å². The third kappa shape index (κ3) is 2.36. The average Bonchev–Trinajstić information content (AvgIpc) is 3.16. The molecule has 0 aliphatic carbocycles. The topological polar surface area (TPSA) is 66.9 Å². The van der Waals surface area contributed by atoms with Crippen LogP contribution in [-0.2, 0) is 0 Å². The van der Waals surface area contributed by atoms with E-state index in [0.717, 1.165) is 42.2 Å². The summed E-state index contributed by atoms with van der Waals surface area (Å²) in [6, 6.07) is 7.74. The van der Waals surface area contributed by atoms with Gasteiger partial charge in [-0.1, -0.05) is 6.07 Å². The molecule has 0 spiro atoms. The maximum atomic E-state index is 5.95. The summed E-state index contributed by atoms with van der Waals surface area (Å²) in [6.45, 7) is 3.66. The van der Waals surface area contributed by atoms with Gasteiger partial charge in [-0.05, 0) is 19.1 Å². The van der Waals surface area contributed by atoms with Crippen LogP contribution in [0.25, 0.3) is 11.0 Å². The van der Waals surface area contributed by atoms with Gasteiger partial charge in [0.05, 0.1) is 11.9 Å². The number of hydrogen-bond donors (Lipinski definition) is 1. The first-order valence-electron chi connectivity index (χ1n) is 7.44. The van der Waals surface area contributed by atoms with E-state index in [2.05, 4.69) is 24.8 Å². The number of aryl methyl sites for hydroxylation is 1. The minimum Gasteiger partial charge on any atom is -0.472 e. The van der Waals surface area contributed by atoms with Crippen molar-refractivity contribution in [3.63, 3.8) is 0 Å². The van der Waals surface area contributed by atoms with Crippen molar-refractivity contribution in [1.82, 2.24) is 19.9 Å². The molecule has 3 aromatic rings. The van der Waals surface area contributed by atoms with Crippen LogP contribution >= 0.6 is 0 Å². The number of ether oxygens (including phenoxy) is 1. The molecule has 0 aromatic carbocycles. The van der Waals surface area contributed by atoms with Crippen molar-refractivity contribution in [3.05, 3.63) is 42.5 Å². The third-order valence-corrected chi connectivity index (χ3v) is 3.88. The van der Waals surface area contributed by atoms with E-state index in [1.165, 1.54) is 0 Å². The summed E-state index contributed by atoms with van der Waals surface area (Å²) in [4.78, 5) is 18.7. The van der Waals surface area contributed by atoms with E-state index in [1.54, 1.807) is 6.20 Å². The zero-order valence-corrected chi connectivity index (χ0v) is 12.4. The molecule has 1 atom stereocenters. The van der Waals surface area contributed by atoms with Gasteiger partial charge in [-0.3, -0.25) is 0 Å². The number of nitrogens with one attached hydrogen (secondary N) is 1. The fourth-order valence-electron chi connectivity index (χ4n) is 2.88. The highest BCUT2D eigenvalue weighted by molar-refractivity contribution is 5.87. The van der Waals surface area contributed by atoms with Crippen molar-refractivity contribution in [1.29, 1.82) is 0 Å². The molecule has 3 aromatic heterocycles. The molecule has 4 rings (SSSR count). The summed E-state index contributed by atoms with van der Waals surface area (Å²) in [5.74, 6) is 2.44. The summed E-state index contributed by atoms with van der Waals surface area (Å²) in [5, 5.41) is 1.06. The second kappa shape index (κ2) is 5.29. The number of aromatic nitrogens is 4. The number of hydrogen-bond acceptors (Lipinski definition) is 5. The molecule has 1 unspecified atom stereocenters. The summed E-state index contributed by atoms with van der Waals surface area (Å²) < 4.78 is 5.95. The molecule has 0 saturated carbocycles. The van der Waals surface area contributed by atoms with Crippen LogP contribution in [0, 0.1) is 6.92 Å². The van der Waals surface area contributed by atoms with Gasteiger partial charge in [0.15, 0.2) is 0 Å². The molecule has 112 valence electrons. The van der Waals surface area contributed by atoms with E-state index in [-0.39, 0.29) is 6.10 Å². The number of rotatable bonds is 3. The lowest BCUT2D eigenvalue weighted by Gasteiger charge is -2.19. The molecule has 1 fully saturated rings. The van der Waals surface area contributed by atoms with Crippen LogP contribution in [0.1, 0.15) is 12.2 Å². The molecule has 0 radical (unpaired) electrons. The van der Waals surface area contributed by atoms with E-state index < -0.39 is 0 Å². The van der Waals surface area contributed by atoms with Gasteiger partial charge in [0.25, 0.3) is 0 Å². The van der Waals surface area contributed by atoms with Crippen LogP contribution in [0.15, 0.2) is 36.7 Å². The molecule has 1 N–H and O–H groups in total. The molecule has 4 heterocycles. The smallest absolute Gasteiger partial charge is 0.213 e. The van der Waals surface area contributed by atoms with E-state index in [4.69, 9.17) is 4.74 Å². The first-order valence-corrected chi connectivity index (χ1v) is 7.44. The maximum absolute atomic E-state index is 5.95. The van der Waals surface area contributed by atoms with Crippen LogP contribution in [0.3, 0.4) is 0 Å². The predicted molar refractivity (Wildman–Crippen MR) is 84.1 cm³/mol. The Bertz CT molecular complexity index is 786. The van der Waals surface area contributed by atoms with Crippen LogP contribution < -0.4 is 9.64 Å². The molecule has 0 bridgehead atoms. The van der Waals surface area contributed by atoms with Crippen LogP contribution in [0.2, 0.25) is 0 Å². The minimum absolute atomic E-state index is 0.138. The highest BCUT2D eigenvalue weighted by Crippen LogP contribution is 2.27. The minimum atomic E-state index is 0.138. The average molecular weight is 295 g/mol. The van der Waals surface area contributed by atoms with Crippen molar-refractivity contribution in [2.75, 3.05) is 18.0 Å². The van der Waals surface area contributed by atoms with Gasteiger partial charge in [-0.25, -0.2) is 15.0 Å². The summed E-state index contributed by atoms with van der Waals surface area (Å²) in [6.07, 6.45) is 4.75. The fourth-order valence-corrected chi connectivity index (χ4v) is 2.88. The van der Waals surface area contributed by atoms with Crippen molar-refractivity contribution in [2.45, 2.75) is 19.4 Å². The van der Waals surface area contributed by atoms with E-state index in [1.807, 2.05) is 37.4 Å². The lowest BCUT2D eigenvalue weighted by Crippen LogP contribution is -2.25. The zero-order valence-electron chi connectivity index (χ0n) is 12.4. The Kier molecular flexibility index (Phi) is 3.14. The molecule has 6 heteroatoms. The van der Waals surface area contributed by atoms with Crippen molar-refractivity contribution in [3.8, 4) is 5.88 Å². The summed E-state index contributed by atoms with van der Waals surface area (Å²) in [7, 11) is 0. The number of fused-ring (bicyclic) bond motifs is 1. The Morgan fingerprint density at radius 3 is 3.09 bits per heavy atom. The van der Waals surface area contributed by atoms with Crippen molar-refractivity contribution >= 4 is 16.9 Å². The highest BCUT2D eigenvalue weighted by Gasteiger charge is 2.27. The van der Waals surface area contributed by atoms with E-state index in [9.17, 15) is 0 Å². The van der Waals surface area contributed by atoms with E-state index >= 15 is 0 Å². The first kappa shape index (κ1) is 13.1. The highest BCUT2D eigenvalue weighted by atomic mass is 16.5. The predicted octanol–water partition coefficient (Wildman–Crippen LogP) is 2.32. The fraction of sp³-hybridized carbons (Fsp3) is 0.312. The number of nitrogens with zero attached hydrogens (tertiary/aromatic N) is 4. The van der Waals surface area contributed by atoms with Gasteiger partial charge in [0.2, 0.25) is 5.88 Å². The number of aromatic amines is 1. The molecule has 22 heavy (non-hydrogen) atoms. The van der Waals surface area contributed by atoms with Crippen LogP contribution in [0.4, 0.5) is 5.82 Å². The second-order valence-electron chi connectivity index (χ2n) is 5.48.